The molecule has 1 atom stereocenters. The standard InChI is InChI=1S/C6H12O3.C3H8O3/c1-4(2)6(9)5(8)3-7;4-1-3(6)2-5/h5,7-9H,3H2,1-2H3;3-6H,1-2H2. The third-order valence-electron chi connectivity index (χ3n) is 1.42. The summed E-state index contributed by atoms with van der Waals surface area (Å²) in [5.74, 6) is -0.141. The fourth-order valence-electron chi connectivity index (χ4n) is 0.477. The molecule has 0 saturated carbocycles. The van der Waals surface area contributed by atoms with E-state index in [-0.39, 0.29) is 19.0 Å². The molecule has 0 saturated heterocycles. The second-order valence-corrected chi connectivity index (χ2v) is 3.10. The topological polar surface area (TPSA) is 121 Å². The van der Waals surface area contributed by atoms with Crippen molar-refractivity contribution in [1.29, 1.82) is 0 Å². The zero-order valence-corrected chi connectivity index (χ0v) is 8.96. The maximum atomic E-state index is 8.86. The van der Waals surface area contributed by atoms with Crippen LogP contribution >= 0.6 is 0 Å². The lowest BCUT2D eigenvalue weighted by Gasteiger charge is -2.06. The van der Waals surface area contributed by atoms with E-state index < -0.39 is 18.8 Å². The van der Waals surface area contributed by atoms with E-state index in [1.807, 2.05) is 0 Å². The summed E-state index contributed by atoms with van der Waals surface area (Å²) >= 11 is 0. The predicted octanol–water partition coefficient (Wildman–Crippen LogP) is -1.48. The molecule has 0 heterocycles. The first-order valence-electron chi connectivity index (χ1n) is 4.45. The Labute approximate surface area is 88.7 Å². The molecule has 1 unspecified atom stereocenters. The number of aliphatic hydroxyl groups excluding tert-OH is 6. The van der Waals surface area contributed by atoms with Crippen LogP contribution in [0.15, 0.2) is 11.3 Å². The second kappa shape index (κ2) is 9.88. The molecular weight excluding hydrogens is 204 g/mol. The Bertz CT molecular complexity index is 171. The van der Waals surface area contributed by atoms with E-state index in [9.17, 15) is 0 Å². The quantitative estimate of drug-likeness (QED) is 0.324. The Morgan fingerprint density at radius 1 is 0.933 bits per heavy atom. The zero-order valence-electron chi connectivity index (χ0n) is 8.96. The number of hydrogen-bond acceptors (Lipinski definition) is 6. The van der Waals surface area contributed by atoms with E-state index in [0.29, 0.717) is 5.57 Å². The minimum Gasteiger partial charge on any atom is -0.510 e. The fourth-order valence-corrected chi connectivity index (χ4v) is 0.477. The number of hydrogen-bond donors (Lipinski definition) is 6. The lowest BCUT2D eigenvalue weighted by atomic mass is 10.2. The Morgan fingerprint density at radius 3 is 1.40 bits per heavy atom. The van der Waals surface area contributed by atoms with Gasteiger partial charge in [0.25, 0.3) is 0 Å². The van der Waals surface area contributed by atoms with Gasteiger partial charge in [-0.2, -0.15) is 0 Å². The molecule has 0 aliphatic heterocycles. The van der Waals surface area contributed by atoms with E-state index in [0.717, 1.165) is 0 Å². The molecule has 0 amide bonds. The Morgan fingerprint density at radius 2 is 1.33 bits per heavy atom. The van der Waals surface area contributed by atoms with Gasteiger partial charge in [-0.3, -0.25) is 0 Å². The molecule has 0 aromatic heterocycles. The van der Waals surface area contributed by atoms with Crippen LogP contribution in [0.1, 0.15) is 13.8 Å². The third-order valence-corrected chi connectivity index (χ3v) is 1.42. The molecule has 15 heavy (non-hydrogen) atoms. The Kier molecular flexibility index (Phi) is 11.0. The van der Waals surface area contributed by atoms with E-state index in [4.69, 9.17) is 30.6 Å². The smallest absolute Gasteiger partial charge is 0.134 e. The maximum absolute atomic E-state index is 8.86. The van der Waals surface area contributed by atoms with Crippen LogP contribution in [0.25, 0.3) is 0 Å². The summed E-state index contributed by atoms with van der Waals surface area (Å²) in [5, 5.41) is 49.9. The van der Waals surface area contributed by atoms with Gasteiger partial charge in [0, 0.05) is 0 Å². The van der Waals surface area contributed by atoms with Gasteiger partial charge in [-0.25, -0.2) is 0 Å². The van der Waals surface area contributed by atoms with Crippen molar-refractivity contribution >= 4 is 0 Å². The molecule has 0 rings (SSSR count). The van der Waals surface area contributed by atoms with Crippen molar-refractivity contribution < 1.29 is 30.6 Å². The van der Waals surface area contributed by atoms with Crippen molar-refractivity contribution in [2.45, 2.75) is 26.1 Å². The fraction of sp³-hybridized carbons (Fsp3) is 0.778. The van der Waals surface area contributed by atoms with E-state index in [2.05, 4.69) is 0 Å². The molecule has 0 aliphatic carbocycles. The summed E-state index contributed by atoms with van der Waals surface area (Å²) in [6.45, 7) is 2.16. The van der Waals surface area contributed by atoms with Gasteiger partial charge in [-0.1, -0.05) is 0 Å². The highest BCUT2D eigenvalue weighted by Gasteiger charge is 2.07. The van der Waals surface area contributed by atoms with Gasteiger partial charge in [-0.05, 0) is 19.4 Å². The Hall–Kier alpha value is -0.660. The van der Waals surface area contributed by atoms with Gasteiger partial charge < -0.3 is 30.6 Å². The summed E-state index contributed by atoms with van der Waals surface area (Å²) in [6, 6.07) is 0. The summed E-state index contributed by atoms with van der Waals surface area (Å²) in [6.07, 6.45) is -2.07. The normalized spacial score (nSPS) is 11.7. The first-order valence-corrected chi connectivity index (χ1v) is 4.45. The number of allylic oxidation sites excluding steroid dienone is 1. The molecule has 0 aromatic carbocycles. The van der Waals surface area contributed by atoms with Crippen LogP contribution in [0.3, 0.4) is 0 Å². The zero-order chi connectivity index (χ0) is 12.4. The molecule has 0 radical (unpaired) electrons. The van der Waals surface area contributed by atoms with Crippen molar-refractivity contribution in [3.8, 4) is 0 Å². The van der Waals surface area contributed by atoms with Gasteiger partial charge in [0.15, 0.2) is 0 Å². The van der Waals surface area contributed by atoms with Gasteiger partial charge >= 0.3 is 0 Å². The first kappa shape index (κ1) is 16.8. The van der Waals surface area contributed by atoms with Crippen molar-refractivity contribution in [2.75, 3.05) is 19.8 Å². The molecular formula is C9H20O6. The third kappa shape index (κ3) is 9.64. The van der Waals surface area contributed by atoms with Crippen molar-refractivity contribution in [3.63, 3.8) is 0 Å². The van der Waals surface area contributed by atoms with E-state index >= 15 is 0 Å². The summed E-state index contributed by atoms with van der Waals surface area (Å²) < 4.78 is 0. The predicted molar refractivity (Wildman–Crippen MR) is 54.3 cm³/mol. The molecule has 0 fully saturated rings. The van der Waals surface area contributed by atoms with Crippen LogP contribution in [0.4, 0.5) is 0 Å². The molecule has 0 bridgehead atoms. The Balaban J connectivity index is 0. The van der Waals surface area contributed by atoms with Crippen LogP contribution in [0.5, 0.6) is 0 Å². The molecule has 6 N–H and O–H groups in total. The number of rotatable bonds is 4. The van der Waals surface area contributed by atoms with Crippen LogP contribution in [-0.4, -0.2) is 62.7 Å². The second-order valence-electron chi connectivity index (χ2n) is 3.10. The first-order chi connectivity index (χ1) is 6.90. The van der Waals surface area contributed by atoms with Gasteiger partial charge in [0.05, 0.1) is 19.8 Å². The van der Waals surface area contributed by atoms with Gasteiger partial charge in [-0.15, -0.1) is 0 Å². The summed E-state index contributed by atoms with van der Waals surface area (Å²) in [7, 11) is 0. The molecule has 6 heteroatoms. The summed E-state index contributed by atoms with van der Waals surface area (Å²) in [4.78, 5) is 0. The van der Waals surface area contributed by atoms with Crippen LogP contribution in [-0.2, 0) is 0 Å². The van der Waals surface area contributed by atoms with Crippen LogP contribution in [0, 0.1) is 0 Å². The van der Waals surface area contributed by atoms with E-state index in [1.54, 1.807) is 13.8 Å². The largest absolute Gasteiger partial charge is 0.510 e. The summed E-state index contributed by atoms with van der Waals surface area (Å²) in [5.41, 5.74) is 0.622. The average molecular weight is 224 g/mol. The lowest BCUT2D eigenvalue weighted by Crippen LogP contribution is -2.15. The van der Waals surface area contributed by atoms with Crippen LogP contribution in [0.2, 0.25) is 0 Å². The van der Waals surface area contributed by atoms with Crippen molar-refractivity contribution in [1.82, 2.24) is 0 Å². The van der Waals surface area contributed by atoms with Gasteiger partial charge in [0.2, 0.25) is 0 Å². The SMILES string of the molecule is CC(C)=C(O)C(O)CO.OCC(O)CO. The highest BCUT2D eigenvalue weighted by molar-refractivity contribution is 5.05. The van der Waals surface area contributed by atoms with Crippen molar-refractivity contribution in [2.24, 2.45) is 0 Å². The van der Waals surface area contributed by atoms with Gasteiger partial charge in [0.1, 0.15) is 18.0 Å². The van der Waals surface area contributed by atoms with Crippen molar-refractivity contribution in [3.05, 3.63) is 11.3 Å². The minimum atomic E-state index is -1.12. The lowest BCUT2D eigenvalue weighted by molar-refractivity contribution is 0.0450. The molecule has 0 aliphatic rings. The highest BCUT2D eigenvalue weighted by Crippen LogP contribution is 2.03. The highest BCUT2D eigenvalue weighted by atomic mass is 16.4. The average Bonchev–Trinajstić information content (AvgIpc) is 2.26. The molecule has 0 aromatic rings. The minimum absolute atomic E-state index is 0.141. The monoisotopic (exact) mass is 224 g/mol. The maximum Gasteiger partial charge on any atom is 0.134 e. The van der Waals surface area contributed by atoms with E-state index in [1.165, 1.54) is 0 Å². The molecule has 0 spiro atoms. The van der Waals surface area contributed by atoms with Crippen LogP contribution < -0.4 is 0 Å². The number of aliphatic hydroxyl groups is 6. The molecule has 6 nitrogen and oxygen atoms in total. The molecule has 92 valence electrons.